The van der Waals surface area contributed by atoms with Gasteiger partial charge in [-0.05, 0) is 36.4 Å². The summed E-state index contributed by atoms with van der Waals surface area (Å²) in [6.45, 7) is 0.167. The standard InChI is InChI=1S/C17H17N3O4/c18-15(22)9-10-19-16(23)11-5-7-12(8-6-11)20-17(24)13-3-1-2-4-14(13)21/h1-8,21H,9-10H2,(H2,18,22)(H,19,23)(H,20,24). The van der Waals surface area contributed by atoms with E-state index in [1.54, 1.807) is 36.4 Å². The van der Waals surface area contributed by atoms with Gasteiger partial charge >= 0.3 is 0 Å². The van der Waals surface area contributed by atoms with Crippen LogP contribution in [0.4, 0.5) is 5.69 Å². The van der Waals surface area contributed by atoms with Crippen molar-refractivity contribution in [1.82, 2.24) is 5.32 Å². The van der Waals surface area contributed by atoms with E-state index in [1.807, 2.05) is 0 Å². The predicted molar refractivity (Wildman–Crippen MR) is 88.6 cm³/mol. The Kier molecular flexibility index (Phi) is 5.51. The maximum atomic E-state index is 12.1. The van der Waals surface area contributed by atoms with Crippen molar-refractivity contribution in [2.45, 2.75) is 6.42 Å². The zero-order valence-electron chi connectivity index (χ0n) is 12.8. The van der Waals surface area contributed by atoms with Crippen molar-refractivity contribution >= 4 is 23.4 Å². The van der Waals surface area contributed by atoms with Gasteiger partial charge in [-0.2, -0.15) is 0 Å². The topological polar surface area (TPSA) is 122 Å². The number of carbonyl (C=O) groups is 3. The maximum absolute atomic E-state index is 12.1. The normalized spacial score (nSPS) is 10.0. The highest BCUT2D eigenvalue weighted by molar-refractivity contribution is 6.06. The number of carbonyl (C=O) groups excluding carboxylic acids is 3. The zero-order chi connectivity index (χ0) is 17.5. The fourth-order valence-electron chi connectivity index (χ4n) is 1.97. The summed E-state index contributed by atoms with van der Waals surface area (Å²) >= 11 is 0. The summed E-state index contributed by atoms with van der Waals surface area (Å²) in [7, 11) is 0. The number of hydrogen-bond acceptors (Lipinski definition) is 4. The van der Waals surface area contributed by atoms with E-state index < -0.39 is 11.8 Å². The van der Waals surface area contributed by atoms with E-state index in [1.165, 1.54) is 12.1 Å². The first-order chi connectivity index (χ1) is 11.5. The summed E-state index contributed by atoms with van der Waals surface area (Å²) in [6, 6.07) is 12.4. The third-order valence-electron chi connectivity index (χ3n) is 3.21. The van der Waals surface area contributed by atoms with Crippen LogP contribution in [0, 0.1) is 0 Å². The number of benzene rings is 2. The van der Waals surface area contributed by atoms with Crippen molar-refractivity contribution < 1.29 is 19.5 Å². The van der Waals surface area contributed by atoms with Gasteiger partial charge in [0.25, 0.3) is 11.8 Å². The van der Waals surface area contributed by atoms with Gasteiger partial charge in [0, 0.05) is 24.2 Å². The van der Waals surface area contributed by atoms with E-state index >= 15 is 0 Å². The van der Waals surface area contributed by atoms with E-state index in [2.05, 4.69) is 10.6 Å². The Bertz CT molecular complexity index is 757. The van der Waals surface area contributed by atoms with Crippen LogP contribution < -0.4 is 16.4 Å². The van der Waals surface area contributed by atoms with Crippen molar-refractivity contribution in [2.75, 3.05) is 11.9 Å². The third kappa shape index (κ3) is 4.57. The molecule has 0 spiro atoms. The molecule has 24 heavy (non-hydrogen) atoms. The highest BCUT2D eigenvalue weighted by Gasteiger charge is 2.11. The van der Waals surface area contributed by atoms with E-state index in [0.717, 1.165) is 0 Å². The monoisotopic (exact) mass is 327 g/mol. The summed E-state index contributed by atoms with van der Waals surface area (Å²) in [4.78, 5) is 34.5. The van der Waals surface area contributed by atoms with Crippen molar-refractivity contribution in [1.29, 1.82) is 0 Å². The van der Waals surface area contributed by atoms with Gasteiger partial charge in [0.2, 0.25) is 5.91 Å². The molecule has 0 heterocycles. The van der Waals surface area contributed by atoms with Gasteiger partial charge in [-0.3, -0.25) is 14.4 Å². The number of nitrogens with one attached hydrogen (secondary N) is 2. The van der Waals surface area contributed by atoms with Crippen molar-refractivity contribution in [2.24, 2.45) is 5.73 Å². The molecular formula is C17H17N3O4. The van der Waals surface area contributed by atoms with Gasteiger partial charge in [0.1, 0.15) is 5.75 Å². The molecule has 2 rings (SSSR count). The number of primary amides is 1. The molecule has 0 aromatic heterocycles. The number of amides is 3. The molecule has 7 heteroatoms. The number of rotatable bonds is 6. The minimum atomic E-state index is -0.488. The van der Waals surface area contributed by atoms with E-state index in [4.69, 9.17) is 5.73 Å². The summed E-state index contributed by atoms with van der Waals surface area (Å²) in [5.41, 5.74) is 6.02. The third-order valence-corrected chi connectivity index (χ3v) is 3.21. The fraction of sp³-hybridized carbons (Fsp3) is 0.118. The molecule has 0 saturated heterocycles. The molecule has 0 bridgehead atoms. The molecular weight excluding hydrogens is 310 g/mol. The fourth-order valence-corrected chi connectivity index (χ4v) is 1.97. The Morgan fingerprint density at radius 3 is 2.25 bits per heavy atom. The molecule has 0 saturated carbocycles. The highest BCUT2D eigenvalue weighted by atomic mass is 16.3. The summed E-state index contributed by atoms with van der Waals surface area (Å²) in [5, 5.41) is 14.8. The number of phenolic OH excluding ortho intramolecular Hbond substituents is 1. The lowest BCUT2D eigenvalue weighted by Gasteiger charge is -2.08. The molecule has 0 aliphatic carbocycles. The first kappa shape index (κ1) is 17.0. The highest BCUT2D eigenvalue weighted by Crippen LogP contribution is 2.18. The summed E-state index contributed by atoms with van der Waals surface area (Å²) in [6.07, 6.45) is 0.0699. The lowest BCUT2D eigenvalue weighted by molar-refractivity contribution is -0.117. The Labute approximate surface area is 138 Å². The number of hydrogen-bond donors (Lipinski definition) is 4. The minimum absolute atomic E-state index is 0.0699. The first-order valence-corrected chi connectivity index (χ1v) is 7.23. The molecule has 124 valence electrons. The molecule has 0 aliphatic rings. The van der Waals surface area contributed by atoms with Gasteiger partial charge in [0.05, 0.1) is 5.56 Å². The zero-order valence-corrected chi connectivity index (χ0v) is 12.8. The molecule has 0 fully saturated rings. The molecule has 0 aliphatic heterocycles. The maximum Gasteiger partial charge on any atom is 0.259 e. The van der Waals surface area contributed by atoms with Crippen LogP contribution in [0.2, 0.25) is 0 Å². The van der Waals surface area contributed by atoms with Crippen LogP contribution in [-0.4, -0.2) is 29.4 Å². The van der Waals surface area contributed by atoms with Gasteiger partial charge < -0.3 is 21.5 Å². The second-order valence-electron chi connectivity index (χ2n) is 5.02. The SMILES string of the molecule is NC(=O)CCNC(=O)c1ccc(NC(=O)c2ccccc2O)cc1. The Morgan fingerprint density at radius 1 is 0.958 bits per heavy atom. The summed E-state index contributed by atoms with van der Waals surface area (Å²) < 4.78 is 0. The Balaban J connectivity index is 1.97. The largest absolute Gasteiger partial charge is 0.507 e. The number of anilines is 1. The average Bonchev–Trinajstić information content (AvgIpc) is 2.55. The Hall–Kier alpha value is -3.35. The van der Waals surface area contributed by atoms with Crippen LogP contribution in [0.25, 0.3) is 0 Å². The molecule has 0 atom stereocenters. The van der Waals surface area contributed by atoms with Crippen molar-refractivity contribution in [3.63, 3.8) is 0 Å². The molecule has 2 aromatic carbocycles. The molecule has 2 aromatic rings. The van der Waals surface area contributed by atoms with Crippen LogP contribution in [-0.2, 0) is 4.79 Å². The van der Waals surface area contributed by atoms with Gasteiger partial charge in [-0.15, -0.1) is 0 Å². The van der Waals surface area contributed by atoms with Crippen LogP contribution in [0.1, 0.15) is 27.1 Å². The second kappa shape index (κ2) is 7.77. The number of nitrogens with two attached hydrogens (primary N) is 1. The average molecular weight is 327 g/mol. The van der Waals surface area contributed by atoms with E-state index in [-0.39, 0.29) is 30.2 Å². The Morgan fingerprint density at radius 2 is 1.62 bits per heavy atom. The lowest BCUT2D eigenvalue weighted by atomic mass is 10.1. The van der Waals surface area contributed by atoms with Gasteiger partial charge in [0.15, 0.2) is 0 Å². The predicted octanol–water partition coefficient (Wildman–Crippen LogP) is 1.25. The molecule has 5 N–H and O–H groups in total. The van der Waals surface area contributed by atoms with Crippen molar-refractivity contribution in [3.05, 3.63) is 59.7 Å². The van der Waals surface area contributed by atoms with Crippen LogP contribution in [0.5, 0.6) is 5.75 Å². The quantitative estimate of drug-likeness (QED) is 0.638. The number of para-hydroxylation sites is 1. The smallest absolute Gasteiger partial charge is 0.259 e. The van der Waals surface area contributed by atoms with Crippen LogP contribution >= 0.6 is 0 Å². The first-order valence-electron chi connectivity index (χ1n) is 7.23. The van der Waals surface area contributed by atoms with Crippen molar-refractivity contribution in [3.8, 4) is 5.75 Å². The van der Waals surface area contributed by atoms with E-state index in [9.17, 15) is 19.5 Å². The second-order valence-corrected chi connectivity index (χ2v) is 5.02. The molecule has 0 unspecified atom stereocenters. The lowest BCUT2D eigenvalue weighted by Crippen LogP contribution is -2.27. The van der Waals surface area contributed by atoms with Crippen LogP contribution in [0.15, 0.2) is 48.5 Å². The molecule has 3 amide bonds. The number of aromatic hydroxyl groups is 1. The van der Waals surface area contributed by atoms with Crippen LogP contribution in [0.3, 0.4) is 0 Å². The minimum Gasteiger partial charge on any atom is -0.507 e. The molecule has 7 nitrogen and oxygen atoms in total. The molecule has 0 radical (unpaired) electrons. The van der Waals surface area contributed by atoms with Gasteiger partial charge in [-0.1, -0.05) is 12.1 Å². The number of phenols is 1. The van der Waals surface area contributed by atoms with E-state index in [0.29, 0.717) is 11.3 Å². The summed E-state index contributed by atoms with van der Waals surface area (Å²) in [5.74, 6) is -1.39. The van der Waals surface area contributed by atoms with Gasteiger partial charge in [-0.25, -0.2) is 0 Å².